The van der Waals surface area contributed by atoms with Gasteiger partial charge in [0.25, 0.3) is 5.91 Å². The molecule has 0 saturated carbocycles. The lowest BCUT2D eigenvalue weighted by atomic mass is 10.1. The van der Waals surface area contributed by atoms with Crippen LogP contribution >= 0.6 is 0 Å². The summed E-state index contributed by atoms with van der Waals surface area (Å²) < 4.78 is 12.9. The van der Waals surface area contributed by atoms with E-state index in [4.69, 9.17) is 9.15 Å². The fourth-order valence-corrected chi connectivity index (χ4v) is 2.83. The van der Waals surface area contributed by atoms with Gasteiger partial charge >= 0.3 is 0 Å². The molecule has 2 aromatic rings. The average Bonchev–Trinajstić information content (AvgIpc) is 3.27. The summed E-state index contributed by atoms with van der Waals surface area (Å²) in [4.78, 5) is 14.8. The maximum absolute atomic E-state index is 13.0. The van der Waals surface area contributed by atoms with Gasteiger partial charge in [0.05, 0.1) is 36.2 Å². The van der Waals surface area contributed by atoms with Gasteiger partial charge in [-0.05, 0) is 45.7 Å². The molecular weight excluding hydrogens is 306 g/mol. The van der Waals surface area contributed by atoms with E-state index in [2.05, 4.69) is 25.9 Å². The quantitative estimate of drug-likeness (QED) is 0.845. The Hall–Kier alpha value is -2.08. The highest BCUT2D eigenvalue weighted by Crippen LogP contribution is 2.19. The van der Waals surface area contributed by atoms with Crippen molar-refractivity contribution in [2.45, 2.75) is 51.8 Å². The molecule has 3 heterocycles. The average molecular weight is 331 g/mol. The molecule has 0 bridgehead atoms. The summed E-state index contributed by atoms with van der Waals surface area (Å²) in [7, 11) is 0. The maximum Gasteiger partial charge on any atom is 0.257 e. The molecule has 0 unspecified atom stereocenters. The predicted octanol–water partition coefficient (Wildman–Crippen LogP) is 3.05. The Morgan fingerprint density at radius 2 is 2.29 bits per heavy atom. The summed E-state index contributed by atoms with van der Waals surface area (Å²) in [6.45, 7) is 7.95. The molecule has 130 valence electrons. The monoisotopic (exact) mass is 331 g/mol. The largest absolute Gasteiger partial charge is 0.467 e. The number of rotatable bonds is 5. The molecule has 0 aromatic carbocycles. The van der Waals surface area contributed by atoms with Crippen LogP contribution in [0, 0.1) is 0 Å². The van der Waals surface area contributed by atoms with Gasteiger partial charge in [0.1, 0.15) is 5.76 Å². The van der Waals surface area contributed by atoms with E-state index < -0.39 is 0 Å². The summed E-state index contributed by atoms with van der Waals surface area (Å²) in [5, 5.41) is 4.33. The normalized spacial score (nSPS) is 18.0. The molecule has 0 aliphatic carbocycles. The van der Waals surface area contributed by atoms with Gasteiger partial charge in [-0.3, -0.25) is 9.48 Å². The van der Waals surface area contributed by atoms with Crippen LogP contribution in [0.15, 0.2) is 35.2 Å². The van der Waals surface area contributed by atoms with Crippen LogP contribution in [0.1, 0.15) is 49.7 Å². The summed E-state index contributed by atoms with van der Waals surface area (Å²) >= 11 is 0. The van der Waals surface area contributed by atoms with Crippen molar-refractivity contribution < 1.29 is 13.9 Å². The van der Waals surface area contributed by atoms with Crippen LogP contribution in [-0.2, 0) is 16.8 Å². The van der Waals surface area contributed by atoms with Crippen LogP contribution in [0.2, 0.25) is 0 Å². The highest BCUT2D eigenvalue weighted by Gasteiger charge is 2.26. The van der Waals surface area contributed by atoms with Crippen molar-refractivity contribution in [2.75, 3.05) is 13.2 Å². The van der Waals surface area contributed by atoms with Crippen molar-refractivity contribution in [3.8, 4) is 0 Å². The second kappa shape index (κ2) is 6.81. The van der Waals surface area contributed by atoms with E-state index in [-0.39, 0.29) is 17.6 Å². The number of amides is 1. The van der Waals surface area contributed by atoms with Crippen molar-refractivity contribution in [1.29, 1.82) is 0 Å². The Bertz CT molecular complexity index is 664. The zero-order valence-corrected chi connectivity index (χ0v) is 14.6. The Morgan fingerprint density at radius 3 is 2.88 bits per heavy atom. The lowest BCUT2D eigenvalue weighted by Crippen LogP contribution is -2.36. The van der Waals surface area contributed by atoms with Crippen LogP contribution in [0.5, 0.6) is 0 Å². The van der Waals surface area contributed by atoms with Crippen LogP contribution in [0.25, 0.3) is 0 Å². The number of carbonyl (C=O) groups excluding carboxylic acids is 1. The summed E-state index contributed by atoms with van der Waals surface area (Å²) in [6.07, 6.45) is 7.22. The molecular formula is C18H25N3O3. The predicted molar refractivity (Wildman–Crippen MR) is 89.6 cm³/mol. The second-order valence-electron chi connectivity index (χ2n) is 7.24. The first-order valence-electron chi connectivity index (χ1n) is 8.42. The molecule has 1 aliphatic heterocycles. The van der Waals surface area contributed by atoms with Crippen molar-refractivity contribution >= 4 is 5.91 Å². The molecule has 1 atom stereocenters. The Balaban J connectivity index is 1.77. The first kappa shape index (κ1) is 16.8. The Morgan fingerprint density at radius 1 is 1.46 bits per heavy atom. The van der Waals surface area contributed by atoms with Crippen molar-refractivity contribution in [2.24, 2.45) is 0 Å². The number of aromatic nitrogens is 2. The minimum absolute atomic E-state index is 0.0441. The number of hydrogen-bond donors (Lipinski definition) is 0. The van der Waals surface area contributed by atoms with E-state index in [1.54, 1.807) is 17.4 Å². The summed E-state index contributed by atoms with van der Waals surface area (Å²) in [5.41, 5.74) is 0.438. The molecule has 1 saturated heterocycles. The molecule has 3 rings (SSSR count). The molecule has 6 nitrogen and oxygen atoms in total. The van der Waals surface area contributed by atoms with E-state index in [9.17, 15) is 4.79 Å². The minimum atomic E-state index is -0.154. The third-order valence-corrected chi connectivity index (χ3v) is 4.18. The van der Waals surface area contributed by atoms with Crippen molar-refractivity contribution in [1.82, 2.24) is 14.7 Å². The number of hydrogen-bond acceptors (Lipinski definition) is 4. The molecule has 0 N–H and O–H groups in total. The van der Waals surface area contributed by atoms with Crippen LogP contribution in [-0.4, -0.2) is 39.8 Å². The lowest BCUT2D eigenvalue weighted by molar-refractivity contribution is 0.0491. The number of furan rings is 1. The summed E-state index contributed by atoms with van der Waals surface area (Å²) in [6, 6.07) is 3.72. The van der Waals surface area contributed by atoms with Crippen molar-refractivity contribution in [3.63, 3.8) is 0 Å². The Kier molecular flexibility index (Phi) is 4.76. The molecule has 1 amide bonds. The van der Waals surface area contributed by atoms with Crippen LogP contribution in [0.3, 0.4) is 0 Å². The second-order valence-corrected chi connectivity index (χ2v) is 7.24. The van der Waals surface area contributed by atoms with E-state index in [1.165, 1.54) is 0 Å². The molecule has 0 spiro atoms. The first-order valence-corrected chi connectivity index (χ1v) is 8.42. The van der Waals surface area contributed by atoms with Gasteiger partial charge < -0.3 is 14.1 Å². The maximum atomic E-state index is 13.0. The topological polar surface area (TPSA) is 60.5 Å². The minimum Gasteiger partial charge on any atom is -0.467 e. The molecule has 2 aromatic heterocycles. The molecule has 24 heavy (non-hydrogen) atoms. The van der Waals surface area contributed by atoms with E-state index >= 15 is 0 Å². The highest BCUT2D eigenvalue weighted by atomic mass is 16.5. The van der Waals surface area contributed by atoms with Gasteiger partial charge in [0.2, 0.25) is 0 Å². The van der Waals surface area contributed by atoms with Crippen molar-refractivity contribution in [3.05, 3.63) is 42.1 Å². The van der Waals surface area contributed by atoms with Gasteiger partial charge in [0.15, 0.2) is 0 Å². The highest BCUT2D eigenvalue weighted by molar-refractivity contribution is 5.93. The van der Waals surface area contributed by atoms with Gasteiger partial charge in [-0.25, -0.2) is 0 Å². The lowest BCUT2D eigenvalue weighted by Gasteiger charge is -2.24. The Labute approximate surface area is 142 Å². The zero-order valence-electron chi connectivity index (χ0n) is 14.6. The SMILES string of the molecule is CC(C)(C)n1cc(C(=O)N(Cc2ccco2)C[C@@H]2CCCO2)cn1. The standard InChI is InChI=1S/C18H25N3O3/c1-18(2,3)21-11-14(10-19-21)17(22)20(12-15-6-4-8-23-15)13-16-7-5-9-24-16/h4,6,8,10-11,16H,5,7,9,12-13H2,1-3H3/t16-/m0/s1. The molecule has 1 aliphatic rings. The number of carbonyl (C=O) groups is 1. The molecule has 0 radical (unpaired) electrons. The van der Waals surface area contributed by atoms with Gasteiger partial charge in [-0.2, -0.15) is 5.10 Å². The fraction of sp³-hybridized carbons (Fsp3) is 0.556. The van der Waals surface area contributed by atoms with E-state index in [1.807, 2.05) is 23.0 Å². The molecule has 6 heteroatoms. The third kappa shape index (κ3) is 3.87. The van der Waals surface area contributed by atoms with Crippen LogP contribution < -0.4 is 0 Å². The number of ether oxygens (including phenoxy) is 1. The third-order valence-electron chi connectivity index (χ3n) is 4.18. The van der Waals surface area contributed by atoms with E-state index in [0.717, 1.165) is 25.2 Å². The van der Waals surface area contributed by atoms with E-state index in [0.29, 0.717) is 18.7 Å². The summed E-state index contributed by atoms with van der Waals surface area (Å²) in [5.74, 6) is 0.724. The van der Waals surface area contributed by atoms with Crippen LogP contribution in [0.4, 0.5) is 0 Å². The smallest absolute Gasteiger partial charge is 0.257 e. The number of nitrogens with zero attached hydrogens (tertiary/aromatic N) is 3. The first-order chi connectivity index (χ1) is 11.4. The fourth-order valence-electron chi connectivity index (χ4n) is 2.83. The van der Waals surface area contributed by atoms with Gasteiger partial charge in [-0.1, -0.05) is 0 Å². The van der Waals surface area contributed by atoms with Gasteiger partial charge in [0, 0.05) is 19.3 Å². The van der Waals surface area contributed by atoms with Gasteiger partial charge in [-0.15, -0.1) is 0 Å². The molecule has 1 fully saturated rings. The zero-order chi connectivity index (χ0) is 17.2.